The molecule has 0 aliphatic heterocycles. The number of nitrogens with one attached hydrogen (secondary N) is 1. The SMILES string of the molecule is CC[C@H](C)NC(=O)[C@H](C)N(Cc1ccccc1)C(=O)COc1ccccc1C(C)C. The zero-order valence-electron chi connectivity index (χ0n) is 18.7. The second-order valence-corrected chi connectivity index (χ2v) is 7.98. The lowest BCUT2D eigenvalue weighted by atomic mass is 10.0. The Bertz CT molecular complexity index is 820. The van der Waals surface area contributed by atoms with Crippen molar-refractivity contribution >= 4 is 11.8 Å². The number of rotatable bonds is 10. The molecule has 5 nitrogen and oxygen atoms in total. The number of amides is 2. The molecule has 0 unspecified atom stereocenters. The minimum Gasteiger partial charge on any atom is -0.483 e. The van der Waals surface area contributed by atoms with Crippen LogP contribution in [0.4, 0.5) is 0 Å². The molecule has 2 aromatic rings. The van der Waals surface area contributed by atoms with E-state index in [4.69, 9.17) is 4.74 Å². The Morgan fingerprint density at radius 2 is 1.60 bits per heavy atom. The van der Waals surface area contributed by atoms with Crippen LogP contribution in [0.15, 0.2) is 54.6 Å². The Morgan fingerprint density at radius 3 is 2.23 bits per heavy atom. The summed E-state index contributed by atoms with van der Waals surface area (Å²) in [6.45, 7) is 10.2. The molecule has 0 aliphatic carbocycles. The fourth-order valence-electron chi connectivity index (χ4n) is 3.14. The minimum absolute atomic E-state index is 0.0581. The molecular formula is C25H34N2O3. The van der Waals surface area contributed by atoms with E-state index in [1.807, 2.05) is 68.4 Å². The molecule has 2 rings (SSSR count). The van der Waals surface area contributed by atoms with Crippen LogP contribution in [0, 0.1) is 0 Å². The molecule has 1 N–H and O–H groups in total. The number of carbonyl (C=O) groups is 2. The van der Waals surface area contributed by atoms with E-state index in [2.05, 4.69) is 19.2 Å². The minimum atomic E-state index is -0.601. The molecule has 0 saturated heterocycles. The van der Waals surface area contributed by atoms with Crippen LogP contribution in [-0.2, 0) is 16.1 Å². The van der Waals surface area contributed by atoms with E-state index in [-0.39, 0.29) is 30.4 Å². The highest BCUT2D eigenvalue weighted by Crippen LogP contribution is 2.26. The van der Waals surface area contributed by atoms with E-state index in [1.165, 1.54) is 0 Å². The number of nitrogens with zero attached hydrogens (tertiary/aromatic N) is 1. The van der Waals surface area contributed by atoms with Gasteiger partial charge in [0, 0.05) is 12.6 Å². The summed E-state index contributed by atoms with van der Waals surface area (Å²) >= 11 is 0. The summed E-state index contributed by atoms with van der Waals surface area (Å²) in [5.41, 5.74) is 2.03. The molecule has 2 aromatic carbocycles. The maximum Gasteiger partial charge on any atom is 0.261 e. The van der Waals surface area contributed by atoms with Crippen LogP contribution in [0.1, 0.15) is 58.1 Å². The fraction of sp³-hybridized carbons (Fsp3) is 0.440. The van der Waals surface area contributed by atoms with Gasteiger partial charge in [-0.05, 0) is 43.4 Å². The number of benzene rings is 2. The molecular weight excluding hydrogens is 376 g/mol. The lowest BCUT2D eigenvalue weighted by Gasteiger charge is -2.29. The van der Waals surface area contributed by atoms with E-state index in [1.54, 1.807) is 11.8 Å². The van der Waals surface area contributed by atoms with Crippen molar-refractivity contribution in [3.8, 4) is 5.75 Å². The second-order valence-electron chi connectivity index (χ2n) is 7.98. The van der Waals surface area contributed by atoms with Gasteiger partial charge in [-0.2, -0.15) is 0 Å². The standard InChI is InChI=1S/C25H34N2O3/c1-6-19(4)26-25(29)20(5)27(16-21-12-8-7-9-13-21)24(28)17-30-23-15-11-10-14-22(23)18(2)3/h7-15,18-20H,6,16-17H2,1-5H3,(H,26,29)/t19-,20-/m0/s1. The van der Waals surface area contributed by atoms with Gasteiger partial charge in [-0.1, -0.05) is 69.3 Å². The number of hydrogen-bond acceptors (Lipinski definition) is 3. The Kier molecular flexibility index (Phi) is 8.90. The van der Waals surface area contributed by atoms with Gasteiger partial charge in [0.25, 0.3) is 5.91 Å². The van der Waals surface area contributed by atoms with E-state index in [9.17, 15) is 9.59 Å². The monoisotopic (exact) mass is 410 g/mol. The summed E-state index contributed by atoms with van der Waals surface area (Å²) < 4.78 is 5.89. The van der Waals surface area contributed by atoms with Crippen molar-refractivity contribution in [2.75, 3.05) is 6.61 Å². The number of ether oxygens (including phenoxy) is 1. The van der Waals surface area contributed by atoms with Crippen molar-refractivity contribution in [1.29, 1.82) is 0 Å². The Labute approximate surface area is 180 Å². The average molecular weight is 411 g/mol. The molecule has 0 fully saturated rings. The van der Waals surface area contributed by atoms with E-state index in [0.29, 0.717) is 12.3 Å². The summed E-state index contributed by atoms with van der Waals surface area (Å²) in [6.07, 6.45) is 0.834. The van der Waals surface area contributed by atoms with E-state index >= 15 is 0 Å². The van der Waals surface area contributed by atoms with Crippen molar-refractivity contribution in [3.05, 3.63) is 65.7 Å². The van der Waals surface area contributed by atoms with Gasteiger partial charge in [0.1, 0.15) is 11.8 Å². The molecule has 2 atom stereocenters. The molecule has 162 valence electrons. The second kappa shape index (κ2) is 11.4. The molecule has 2 amide bonds. The van der Waals surface area contributed by atoms with Gasteiger partial charge in [-0.3, -0.25) is 9.59 Å². The van der Waals surface area contributed by atoms with Gasteiger partial charge in [0.15, 0.2) is 6.61 Å². The highest BCUT2D eigenvalue weighted by Gasteiger charge is 2.27. The Hall–Kier alpha value is -2.82. The normalized spacial score (nSPS) is 12.9. The third kappa shape index (κ3) is 6.61. The van der Waals surface area contributed by atoms with E-state index < -0.39 is 6.04 Å². The van der Waals surface area contributed by atoms with Crippen LogP contribution in [0.3, 0.4) is 0 Å². The zero-order valence-corrected chi connectivity index (χ0v) is 18.7. The van der Waals surface area contributed by atoms with Gasteiger partial charge < -0.3 is 15.0 Å². The summed E-state index contributed by atoms with van der Waals surface area (Å²) in [5.74, 6) is 0.620. The Morgan fingerprint density at radius 1 is 0.967 bits per heavy atom. The fourth-order valence-corrected chi connectivity index (χ4v) is 3.14. The largest absolute Gasteiger partial charge is 0.483 e. The van der Waals surface area contributed by atoms with Gasteiger partial charge in [0.2, 0.25) is 5.91 Å². The van der Waals surface area contributed by atoms with Crippen molar-refractivity contribution in [2.24, 2.45) is 0 Å². The molecule has 30 heavy (non-hydrogen) atoms. The van der Waals surface area contributed by atoms with Crippen LogP contribution in [0.5, 0.6) is 5.75 Å². The van der Waals surface area contributed by atoms with Gasteiger partial charge in [0.05, 0.1) is 0 Å². The molecule has 0 spiro atoms. The molecule has 0 heterocycles. The quantitative estimate of drug-likeness (QED) is 0.626. The van der Waals surface area contributed by atoms with E-state index in [0.717, 1.165) is 17.5 Å². The first-order valence-corrected chi connectivity index (χ1v) is 10.7. The lowest BCUT2D eigenvalue weighted by Crippen LogP contribution is -2.50. The smallest absolute Gasteiger partial charge is 0.261 e. The van der Waals surface area contributed by atoms with Crippen molar-refractivity contribution in [3.63, 3.8) is 0 Å². The summed E-state index contributed by atoms with van der Waals surface area (Å²) in [7, 11) is 0. The zero-order chi connectivity index (χ0) is 22.1. The average Bonchev–Trinajstić information content (AvgIpc) is 2.75. The maximum atomic E-state index is 13.1. The Balaban J connectivity index is 2.16. The van der Waals surface area contributed by atoms with Gasteiger partial charge in [-0.25, -0.2) is 0 Å². The van der Waals surface area contributed by atoms with Crippen LogP contribution >= 0.6 is 0 Å². The molecule has 0 radical (unpaired) electrons. The predicted molar refractivity (Wildman–Crippen MR) is 120 cm³/mol. The third-order valence-electron chi connectivity index (χ3n) is 5.26. The first kappa shape index (κ1) is 23.5. The molecule has 0 aromatic heterocycles. The van der Waals surface area contributed by atoms with Crippen molar-refractivity contribution < 1.29 is 14.3 Å². The maximum absolute atomic E-state index is 13.1. The third-order valence-corrected chi connectivity index (χ3v) is 5.26. The number of hydrogen-bond donors (Lipinski definition) is 1. The topological polar surface area (TPSA) is 58.6 Å². The number of carbonyl (C=O) groups excluding carboxylic acids is 2. The number of para-hydroxylation sites is 1. The van der Waals surface area contributed by atoms with Crippen LogP contribution in [0.2, 0.25) is 0 Å². The lowest BCUT2D eigenvalue weighted by molar-refractivity contribution is -0.142. The van der Waals surface area contributed by atoms with Crippen molar-refractivity contribution in [1.82, 2.24) is 10.2 Å². The summed E-state index contributed by atoms with van der Waals surface area (Å²) in [4.78, 5) is 27.4. The summed E-state index contributed by atoms with van der Waals surface area (Å²) in [6, 6.07) is 16.9. The molecule has 0 saturated carbocycles. The molecule has 5 heteroatoms. The highest BCUT2D eigenvalue weighted by atomic mass is 16.5. The highest BCUT2D eigenvalue weighted by molar-refractivity contribution is 5.88. The van der Waals surface area contributed by atoms with Gasteiger partial charge >= 0.3 is 0 Å². The van der Waals surface area contributed by atoms with Crippen LogP contribution in [0.25, 0.3) is 0 Å². The predicted octanol–water partition coefficient (Wildman–Crippen LogP) is 4.52. The van der Waals surface area contributed by atoms with Crippen molar-refractivity contribution in [2.45, 2.75) is 65.6 Å². The molecule has 0 aliphatic rings. The first-order valence-electron chi connectivity index (χ1n) is 10.7. The van der Waals surface area contributed by atoms with Crippen LogP contribution < -0.4 is 10.1 Å². The summed E-state index contributed by atoms with van der Waals surface area (Å²) in [5, 5.41) is 2.97. The van der Waals surface area contributed by atoms with Crippen LogP contribution in [-0.4, -0.2) is 35.4 Å². The first-order chi connectivity index (χ1) is 14.3. The molecule has 0 bridgehead atoms. The van der Waals surface area contributed by atoms with Gasteiger partial charge in [-0.15, -0.1) is 0 Å².